The van der Waals surface area contributed by atoms with E-state index in [0.29, 0.717) is 24.2 Å². The molecule has 26 heavy (non-hydrogen) atoms. The number of rotatable bonds is 8. The fourth-order valence-corrected chi connectivity index (χ4v) is 2.82. The smallest absolute Gasteiger partial charge is 0.321 e. The van der Waals surface area contributed by atoms with Crippen molar-refractivity contribution in [2.45, 2.75) is 51.5 Å². The molecule has 1 aromatic rings. The molecule has 7 nitrogen and oxygen atoms in total. The fourth-order valence-electron chi connectivity index (χ4n) is 2.82. The van der Waals surface area contributed by atoms with E-state index in [9.17, 15) is 14.4 Å². The van der Waals surface area contributed by atoms with Crippen LogP contribution >= 0.6 is 0 Å². The largest absolute Gasteiger partial charge is 0.493 e. The average molecular weight is 362 g/mol. The van der Waals surface area contributed by atoms with Crippen LogP contribution in [0.3, 0.4) is 0 Å². The van der Waals surface area contributed by atoms with E-state index in [1.807, 2.05) is 6.92 Å². The van der Waals surface area contributed by atoms with Crippen LogP contribution in [0.15, 0.2) is 18.2 Å². The minimum atomic E-state index is -0.574. The number of carbonyl (C=O) groups is 3. The van der Waals surface area contributed by atoms with E-state index in [2.05, 4.69) is 10.6 Å². The number of benzene rings is 1. The third kappa shape index (κ3) is 6.38. The van der Waals surface area contributed by atoms with Crippen LogP contribution in [0.5, 0.6) is 11.5 Å². The van der Waals surface area contributed by atoms with E-state index in [4.69, 9.17) is 9.47 Å². The molecule has 7 heteroatoms. The Hall–Kier alpha value is -2.57. The van der Waals surface area contributed by atoms with Crippen molar-refractivity contribution < 1.29 is 23.9 Å². The number of imide groups is 1. The van der Waals surface area contributed by atoms with Crippen LogP contribution in [0, 0.1) is 0 Å². The lowest BCUT2D eigenvalue weighted by atomic mass is 9.96. The molecule has 2 rings (SSSR count). The van der Waals surface area contributed by atoms with Gasteiger partial charge >= 0.3 is 6.03 Å². The van der Waals surface area contributed by atoms with Gasteiger partial charge in [-0.25, -0.2) is 4.79 Å². The third-order valence-corrected chi connectivity index (χ3v) is 4.14. The molecule has 142 valence electrons. The molecule has 0 aromatic heterocycles. The SMILES string of the molecule is CCCOc1ccc(C=O)c(OCC(=O)NC(=O)NC2CCCCC2)c1. The van der Waals surface area contributed by atoms with Crippen LogP contribution < -0.4 is 20.1 Å². The maximum Gasteiger partial charge on any atom is 0.321 e. The lowest BCUT2D eigenvalue weighted by molar-refractivity contribution is -0.122. The van der Waals surface area contributed by atoms with Crippen molar-refractivity contribution in [2.24, 2.45) is 0 Å². The van der Waals surface area contributed by atoms with Crippen LogP contribution in [0.25, 0.3) is 0 Å². The Bertz CT molecular complexity index is 626. The van der Waals surface area contributed by atoms with Gasteiger partial charge in [0.15, 0.2) is 12.9 Å². The summed E-state index contributed by atoms with van der Waals surface area (Å²) in [7, 11) is 0. The Morgan fingerprint density at radius 2 is 1.96 bits per heavy atom. The number of urea groups is 1. The number of aldehydes is 1. The first kappa shape index (κ1) is 19.8. The molecule has 1 saturated carbocycles. The highest BCUT2D eigenvalue weighted by Gasteiger charge is 2.17. The van der Waals surface area contributed by atoms with Gasteiger partial charge in [0.2, 0.25) is 0 Å². The fraction of sp³-hybridized carbons (Fsp3) is 0.526. The van der Waals surface area contributed by atoms with Crippen molar-refractivity contribution in [3.8, 4) is 11.5 Å². The van der Waals surface area contributed by atoms with E-state index in [0.717, 1.165) is 32.1 Å². The summed E-state index contributed by atoms with van der Waals surface area (Å²) in [5, 5.41) is 5.05. The quantitative estimate of drug-likeness (QED) is 0.694. The standard InChI is InChI=1S/C19H26N2O5/c1-2-10-25-16-9-8-14(12-22)17(11-16)26-13-18(23)21-19(24)20-15-6-4-3-5-7-15/h8-9,11-12,15H,2-7,10,13H2,1H3,(H2,20,21,23,24). The normalized spacial score (nSPS) is 14.3. The van der Waals surface area contributed by atoms with Gasteiger partial charge in [0.05, 0.1) is 12.2 Å². The molecule has 1 fully saturated rings. The van der Waals surface area contributed by atoms with Crippen LogP contribution in [-0.2, 0) is 4.79 Å². The first-order valence-electron chi connectivity index (χ1n) is 9.07. The molecule has 1 aromatic carbocycles. The Balaban J connectivity index is 1.83. The molecule has 1 aliphatic carbocycles. The van der Waals surface area contributed by atoms with Gasteiger partial charge in [0.1, 0.15) is 11.5 Å². The van der Waals surface area contributed by atoms with E-state index in [-0.39, 0.29) is 18.4 Å². The maximum atomic E-state index is 11.9. The van der Waals surface area contributed by atoms with E-state index < -0.39 is 11.9 Å². The van der Waals surface area contributed by atoms with Crippen LogP contribution in [0.1, 0.15) is 55.8 Å². The second-order valence-corrected chi connectivity index (χ2v) is 6.31. The van der Waals surface area contributed by atoms with Gasteiger partial charge in [0.25, 0.3) is 5.91 Å². The van der Waals surface area contributed by atoms with Gasteiger partial charge < -0.3 is 14.8 Å². The second kappa shape index (κ2) is 10.4. The first-order valence-corrected chi connectivity index (χ1v) is 9.07. The highest BCUT2D eigenvalue weighted by atomic mass is 16.5. The topological polar surface area (TPSA) is 93.7 Å². The van der Waals surface area contributed by atoms with Crippen LogP contribution in [0.4, 0.5) is 4.79 Å². The Labute approximate surface area is 153 Å². The number of hydrogen-bond acceptors (Lipinski definition) is 5. The lowest BCUT2D eigenvalue weighted by Crippen LogP contribution is -2.46. The molecular formula is C19H26N2O5. The molecule has 0 atom stereocenters. The molecule has 1 aliphatic rings. The van der Waals surface area contributed by atoms with Crippen LogP contribution in [-0.4, -0.2) is 37.5 Å². The Morgan fingerprint density at radius 1 is 1.19 bits per heavy atom. The summed E-state index contributed by atoms with van der Waals surface area (Å²) in [6, 6.07) is 4.41. The monoisotopic (exact) mass is 362 g/mol. The predicted molar refractivity (Wildman–Crippen MR) is 96.7 cm³/mol. The van der Waals surface area contributed by atoms with Gasteiger partial charge in [-0.05, 0) is 31.4 Å². The number of nitrogens with one attached hydrogen (secondary N) is 2. The molecule has 0 bridgehead atoms. The molecule has 0 unspecified atom stereocenters. The van der Waals surface area contributed by atoms with Gasteiger partial charge in [-0.2, -0.15) is 0 Å². The summed E-state index contributed by atoms with van der Waals surface area (Å²) in [6.07, 6.45) is 6.74. The van der Waals surface area contributed by atoms with Crippen molar-refractivity contribution in [1.82, 2.24) is 10.6 Å². The summed E-state index contributed by atoms with van der Waals surface area (Å²) in [5.74, 6) is 0.231. The van der Waals surface area contributed by atoms with Crippen molar-refractivity contribution in [3.63, 3.8) is 0 Å². The molecule has 3 amide bonds. The summed E-state index contributed by atoms with van der Waals surface area (Å²) in [4.78, 5) is 34.9. The number of hydrogen-bond donors (Lipinski definition) is 2. The van der Waals surface area contributed by atoms with Gasteiger partial charge in [0, 0.05) is 12.1 Å². The first-order chi connectivity index (χ1) is 12.6. The number of carbonyl (C=O) groups excluding carboxylic acids is 3. The van der Waals surface area contributed by atoms with Crippen molar-refractivity contribution in [1.29, 1.82) is 0 Å². The molecule has 0 aliphatic heterocycles. The summed E-state index contributed by atoms with van der Waals surface area (Å²) >= 11 is 0. The zero-order chi connectivity index (χ0) is 18.8. The minimum Gasteiger partial charge on any atom is -0.493 e. The van der Waals surface area contributed by atoms with Gasteiger partial charge in [-0.1, -0.05) is 26.2 Å². The van der Waals surface area contributed by atoms with E-state index in [1.165, 1.54) is 6.42 Å². The molecule has 0 radical (unpaired) electrons. The van der Waals surface area contributed by atoms with Gasteiger partial charge in [-0.3, -0.25) is 14.9 Å². The zero-order valence-corrected chi connectivity index (χ0v) is 15.1. The molecule has 0 saturated heterocycles. The predicted octanol–water partition coefficient (Wildman–Crippen LogP) is 2.83. The second-order valence-electron chi connectivity index (χ2n) is 6.31. The highest BCUT2D eigenvalue weighted by molar-refractivity contribution is 5.95. The molecule has 0 heterocycles. The Morgan fingerprint density at radius 3 is 2.65 bits per heavy atom. The minimum absolute atomic E-state index is 0.117. The molecular weight excluding hydrogens is 336 g/mol. The number of ether oxygens (including phenoxy) is 2. The highest BCUT2D eigenvalue weighted by Crippen LogP contribution is 2.24. The summed E-state index contributed by atoms with van der Waals surface area (Å²) in [6.45, 7) is 2.16. The van der Waals surface area contributed by atoms with E-state index >= 15 is 0 Å². The average Bonchev–Trinajstić information content (AvgIpc) is 2.65. The maximum absolute atomic E-state index is 11.9. The summed E-state index contributed by atoms with van der Waals surface area (Å²) < 4.78 is 10.9. The zero-order valence-electron chi connectivity index (χ0n) is 15.1. The number of amides is 3. The Kier molecular flexibility index (Phi) is 7.92. The van der Waals surface area contributed by atoms with Crippen molar-refractivity contribution in [2.75, 3.05) is 13.2 Å². The summed E-state index contributed by atoms with van der Waals surface area (Å²) in [5.41, 5.74) is 0.313. The van der Waals surface area contributed by atoms with Gasteiger partial charge in [-0.15, -0.1) is 0 Å². The van der Waals surface area contributed by atoms with E-state index in [1.54, 1.807) is 18.2 Å². The lowest BCUT2D eigenvalue weighted by Gasteiger charge is -2.22. The third-order valence-electron chi connectivity index (χ3n) is 4.14. The molecule has 2 N–H and O–H groups in total. The van der Waals surface area contributed by atoms with Crippen LogP contribution in [0.2, 0.25) is 0 Å². The van der Waals surface area contributed by atoms with Crippen molar-refractivity contribution in [3.05, 3.63) is 23.8 Å². The molecule has 0 spiro atoms. The van der Waals surface area contributed by atoms with Crippen molar-refractivity contribution >= 4 is 18.2 Å².